The van der Waals surface area contributed by atoms with Crippen molar-refractivity contribution in [1.29, 1.82) is 0 Å². The highest BCUT2D eigenvalue weighted by molar-refractivity contribution is 9.10. The molecule has 2 rings (SSSR count). The van der Waals surface area contributed by atoms with E-state index in [0.717, 1.165) is 11.1 Å². The standard InChI is InChI=1S/C17H16BrN3O2S/c1-11-6-2-3-7-12(11)10-15(22)19-17(24)21-20-16(23)13-8-4-5-9-14(13)18/h2-9H,10H2,1H3,(H,20,23)(H2,19,21,22,24). The van der Waals surface area contributed by atoms with Gasteiger partial charge in [-0.25, -0.2) is 0 Å². The molecule has 0 radical (unpaired) electrons. The summed E-state index contributed by atoms with van der Waals surface area (Å²) in [5, 5.41) is 2.57. The van der Waals surface area contributed by atoms with Crippen LogP contribution in [-0.4, -0.2) is 16.9 Å². The van der Waals surface area contributed by atoms with Crippen molar-refractivity contribution in [2.75, 3.05) is 0 Å². The molecule has 0 fully saturated rings. The fraction of sp³-hybridized carbons (Fsp3) is 0.118. The second-order valence-corrected chi connectivity index (χ2v) is 6.30. The number of hydrogen-bond donors (Lipinski definition) is 3. The lowest BCUT2D eigenvalue weighted by Crippen LogP contribution is -2.48. The first kappa shape index (κ1) is 18.1. The van der Waals surface area contributed by atoms with Crippen LogP contribution in [0.3, 0.4) is 0 Å². The number of rotatable bonds is 3. The highest BCUT2D eigenvalue weighted by atomic mass is 79.9. The van der Waals surface area contributed by atoms with Crippen molar-refractivity contribution in [2.24, 2.45) is 0 Å². The van der Waals surface area contributed by atoms with Crippen molar-refractivity contribution in [3.05, 3.63) is 69.7 Å². The Balaban J connectivity index is 1.83. The molecule has 0 saturated heterocycles. The van der Waals surface area contributed by atoms with Gasteiger partial charge in [-0.3, -0.25) is 20.4 Å². The number of hydrogen-bond acceptors (Lipinski definition) is 3. The van der Waals surface area contributed by atoms with Gasteiger partial charge < -0.3 is 5.32 Å². The van der Waals surface area contributed by atoms with Crippen molar-refractivity contribution < 1.29 is 9.59 Å². The first-order chi connectivity index (χ1) is 11.5. The van der Waals surface area contributed by atoms with Gasteiger partial charge in [-0.15, -0.1) is 0 Å². The third kappa shape index (κ3) is 5.14. The Kier molecular flexibility index (Phi) is 6.45. The van der Waals surface area contributed by atoms with Crippen LogP contribution < -0.4 is 16.2 Å². The van der Waals surface area contributed by atoms with Gasteiger partial charge in [-0.05, 0) is 58.3 Å². The van der Waals surface area contributed by atoms with Gasteiger partial charge in [0.05, 0.1) is 12.0 Å². The summed E-state index contributed by atoms with van der Waals surface area (Å²) in [4.78, 5) is 24.0. The number of amides is 2. The van der Waals surface area contributed by atoms with Crippen LogP contribution in [-0.2, 0) is 11.2 Å². The van der Waals surface area contributed by atoms with Gasteiger partial charge in [0.2, 0.25) is 5.91 Å². The van der Waals surface area contributed by atoms with Gasteiger partial charge in [-0.1, -0.05) is 36.4 Å². The molecule has 0 heterocycles. The van der Waals surface area contributed by atoms with Gasteiger partial charge in [-0.2, -0.15) is 0 Å². The molecular weight excluding hydrogens is 390 g/mol. The zero-order valence-corrected chi connectivity index (χ0v) is 15.3. The lowest BCUT2D eigenvalue weighted by atomic mass is 10.1. The smallest absolute Gasteiger partial charge is 0.270 e. The Morgan fingerprint density at radius 1 is 1.04 bits per heavy atom. The number of aryl methyl sites for hydroxylation is 1. The molecule has 0 aliphatic heterocycles. The van der Waals surface area contributed by atoms with Crippen LogP contribution in [0, 0.1) is 6.92 Å². The van der Waals surface area contributed by atoms with Gasteiger partial charge in [0, 0.05) is 4.47 Å². The van der Waals surface area contributed by atoms with Crippen LogP contribution >= 0.6 is 28.1 Å². The van der Waals surface area contributed by atoms with E-state index in [1.54, 1.807) is 18.2 Å². The van der Waals surface area contributed by atoms with E-state index in [1.807, 2.05) is 37.3 Å². The van der Waals surface area contributed by atoms with E-state index in [1.165, 1.54) is 0 Å². The van der Waals surface area contributed by atoms with Gasteiger partial charge in [0.15, 0.2) is 5.11 Å². The molecule has 3 N–H and O–H groups in total. The Morgan fingerprint density at radius 3 is 2.42 bits per heavy atom. The summed E-state index contributed by atoms with van der Waals surface area (Å²) in [6.45, 7) is 1.94. The highest BCUT2D eigenvalue weighted by Gasteiger charge is 2.11. The highest BCUT2D eigenvalue weighted by Crippen LogP contribution is 2.15. The summed E-state index contributed by atoms with van der Waals surface area (Å²) < 4.78 is 0.666. The number of nitrogens with one attached hydrogen (secondary N) is 3. The average Bonchev–Trinajstić information content (AvgIpc) is 2.55. The zero-order valence-electron chi connectivity index (χ0n) is 12.9. The molecular formula is C17H16BrN3O2S. The number of halogens is 1. The largest absolute Gasteiger partial charge is 0.302 e. The number of benzene rings is 2. The minimum Gasteiger partial charge on any atom is -0.302 e. The summed E-state index contributed by atoms with van der Waals surface area (Å²) in [6.07, 6.45) is 0.215. The number of carbonyl (C=O) groups excluding carboxylic acids is 2. The minimum atomic E-state index is -0.363. The summed E-state index contributed by atoms with van der Waals surface area (Å²) >= 11 is 8.31. The zero-order chi connectivity index (χ0) is 17.5. The summed E-state index contributed by atoms with van der Waals surface area (Å²) in [5.74, 6) is -0.616. The molecule has 2 amide bonds. The van der Waals surface area contributed by atoms with Crippen LogP contribution in [0.1, 0.15) is 21.5 Å². The normalized spacial score (nSPS) is 9.92. The maximum atomic E-state index is 12.0. The van der Waals surface area contributed by atoms with Crippen LogP contribution in [0.15, 0.2) is 53.0 Å². The summed E-state index contributed by atoms with van der Waals surface area (Å²) in [6, 6.07) is 14.6. The van der Waals surface area contributed by atoms with E-state index in [2.05, 4.69) is 32.1 Å². The van der Waals surface area contributed by atoms with E-state index >= 15 is 0 Å². The van der Waals surface area contributed by atoms with Crippen molar-refractivity contribution in [3.8, 4) is 0 Å². The minimum absolute atomic E-state index is 0.0361. The van der Waals surface area contributed by atoms with E-state index in [0.29, 0.717) is 10.0 Å². The molecule has 0 aliphatic rings. The number of hydrazine groups is 1. The lowest BCUT2D eigenvalue weighted by molar-refractivity contribution is -0.119. The molecule has 2 aromatic rings. The molecule has 0 unspecified atom stereocenters. The third-order valence-corrected chi connectivity index (χ3v) is 4.17. The second-order valence-electron chi connectivity index (χ2n) is 5.04. The van der Waals surface area contributed by atoms with Crippen LogP contribution in [0.5, 0.6) is 0 Å². The molecule has 0 atom stereocenters. The average molecular weight is 406 g/mol. The predicted molar refractivity (Wildman–Crippen MR) is 100 cm³/mol. The SMILES string of the molecule is Cc1ccccc1CC(=O)NC(=S)NNC(=O)c1ccccc1Br. The Hall–Kier alpha value is -2.25. The molecule has 0 aromatic heterocycles. The van der Waals surface area contributed by atoms with E-state index in [9.17, 15) is 9.59 Å². The molecule has 0 saturated carbocycles. The first-order valence-electron chi connectivity index (χ1n) is 7.16. The fourth-order valence-electron chi connectivity index (χ4n) is 2.01. The molecule has 2 aromatic carbocycles. The second kappa shape index (κ2) is 8.56. The maximum absolute atomic E-state index is 12.0. The van der Waals surface area contributed by atoms with Gasteiger partial charge >= 0.3 is 0 Å². The Labute approximate surface area is 153 Å². The monoisotopic (exact) mass is 405 g/mol. The Bertz CT molecular complexity index is 780. The topological polar surface area (TPSA) is 70.2 Å². The molecule has 24 heavy (non-hydrogen) atoms. The fourth-order valence-corrected chi connectivity index (χ4v) is 2.64. The lowest BCUT2D eigenvalue weighted by Gasteiger charge is -2.12. The molecule has 5 nitrogen and oxygen atoms in total. The van der Waals surface area contributed by atoms with Crippen molar-refractivity contribution in [2.45, 2.75) is 13.3 Å². The van der Waals surface area contributed by atoms with Crippen LogP contribution in [0.2, 0.25) is 0 Å². The van der Waals surface area contributed by atoms with Crippen LogP contribution in [0.25, 0.3) is 0 Å². The predicted octanol–water partition coefficient (Wildman–Crippen LogP) is 2.64. The third-order valence-electron chi connectivity index (χ3n) is 3.27. The maximum Gasteiger partial charge on any atom is 0.270 e. The van der Waals surface area contributed by atoms with Gasteiger partial charge in [0.25, 0.3) is 5.91 Å². The molecule has 0 aliphatic carbocycles. The quantitative estimate of drug-likeness (QED) is 0.542. The molecule has 0 bridgehead atoms. The van der Waals surface area contributed by atoms with Crippen LogP contribution in [0.4, 0.5) is 0 Å². The molecule has 124 valence electrons. The van der Waals surface area contributed by atoms with Crippen molar-refractivity contribution >= 4 is 45.1 Å². The van der Waals surface area contributed by atoms with E-state index in [4.69, 9.17) is 12.2 Å². The summed E-state index contributed by atoms with van der Waals surface area (Å²) in [5.41, 5.74) is 7.38. The van der Waals surface area contributed by atoms with Crippen molar-refractivity contribution in [3.63, 3.8) is 0 Å². The summed E-state index contributed by atoms with van der Waals surface area (Å²) in [7, 11) is 0. The first-order valence-corrected chi connectivity index (χ1v) is 8.36. The van der Waals surface area contributed by atoms with Gasteiger partial charge in [0.1, 0.15) is 0 Å². The van der Waals surface area contributed by atoms with E-state index in [-0.39, 0.29) is 23.3 Å². The molecule has 7 heteroatoms. The Morgan fingerprint density at radius 2 is 1.71 bits per heavy atom. The molecule has 0 spiro atoms. The van der Waals surface area contributed by atoms with E-state index < -0.39 is 0 Å². The number of carbonyl (C=O) groups is 2. The van der Waals surface area contributed by atoms with Crippen molar-refractivity contribution in [1.82, 2.24) is 16.2 Å². The number of thiocarbonyl (C=S) groups is 1.